The quantitative estimate of drug-likeness (QED) is 0.669. The van der Waals surface area contributed by atoms with Crippen molar-refractivity contribution in [3.63, 3.8) is 0 Å². The number of aromatic nitrogens is 2. The molecule has 0 bridgehead atoms. The van der Waals surface area contributed by atoms with Crippen molar-refractivity contribution < 1.29 is 4.39 Å². The highest BCUT2D eigenvalue weighted by atomic mass is 35.5. The first-order valence-corrected chi connectivity index (χ1v) is 8.02. The fourth-order valence-electron chi connectivity index (χ4n) is 2.44. The van der Waals surface area contributed by atoms with Gasteiger partial charge in [0.15, 0.2) is 0 Å². The van der Waals surface area contributed by atoms with Crippen LogP contribution in [0.3, 0.4) is 0 Å². The second-order valence-corrected chi connectivity index (χ2v) is 5.86. The van der Waals surface area contributed by atoms with Gasteiger partial charge >= 0.3 is 0 Å². The molecule has 0 aliphatic carbocycles. The lowest BCUT2D eigenvalue weighted by atomic mass is 10.1. The minimum atomic E-state index is -0.300. The first-order chi connectivity index (χ1) is 12.0. The molecule has 2 aromatic carbocycles. The number of hydrogen-bond donors (Lipinski definition) is 2. The van der Waals surface area contributed by atoms with Gasteiger partial charge in [-0.1, -0.05) is 35.9 Å². The molecule has 0 radical (unpaired) electrons. The van der Waals surface area contributed by atoms with E-state index in [0.29, 0.717) is 18.1 Å². The lowest BCUT2D eigenvalue weighted by molar-refractivity contribution is 0.625. The number of halogens is 2. The first-order valence-electron chi connectivity index (χ1n) is 7.64. The topological polar surface area (TPSA) is 67.1 Å². The fraction of sp³-hybridized carbons (Fsp3) is 0.111. The molecule has 25 heavy (non-hydrogen) atoms. The minimum Gasteiger partial charge on any atom is -0.368 e. The number of rotatable bonds is 5. The highest BCUT2D eigenvalue weighted by molar-refractivity contribution is 6.29. The van der Waals surface area contributed by atoms with Crippen molar-refractivity contribution >= 4 is 34.7 Å². The van der Waals surface area contributed by atoms with Crippen LogP contribution in [0.4, 0.5) is 27.5 Å². The lowest BCUT2D eigenvalue weighted by Crippen LogP contribution is -2.11. The van der Waals surface area contributed by atoms with Gasteiger partial charge in [0.2, 0.25) is 5.95 Å². The Morgan fingerprint density at radius 2 is 1.88 bits per heavy atom. The number of nitrogens with zero attached hydrogens (tertiary/aromatic N) is 3. The zero-order valence-electron chi connectivity index (χ0n) is 13.6. The van der Waals surface area contributed by atoms with E-state index < -0.39 is 0 Å². The van der Waals surface area contributed by atoms with Crippen LogP contribution in [-0.4, -0.2) is 17.0 Å². The first kappa shape index (κ1) is 17.0. The second-order valence-electron chi connectivity index (χ2n) is 5.47. The summed E-state index contributed by atoms with van der Waals surface area (Å²) in [6.45, 7) is 0.388. The van der Waals surface area contributed by atoms with Crippen molar-refractivity contribution in [3.05, 3.63) is 71.1 Å². The van der Waals surface area contributed by atoms with E-state index >= 15 is 0 Å². The summed E-state index contributed by atoms with van der Waals surface area (Å²) in [7, 11) is 1.83. The number of nitrogens with two attached hydrogens (primary N) is 1. The molecule has 3 rings (SSSR count). The third-order valence-corrected chi connectivity index (χ3v) is 3.90. The normalized spacial score (nSPS) is 10.5. The Morgan fingerprint density at radius 1 is 1.12 bits per heavy atom. The summed E-state index contributed by atoms with van der Waals surface area (Å²) in [5.74, 6) is 0.273. The Labute approximate surface area is 150 Å². The molecule has 0 saturated carbocycles. The monoisotopic (exact) mass is 357 g/mol. The largest absolute Gasteiger partial charge is 0.368 e. The summed E-state index contributed by atoms with van der Waals surface area (Å²) in [6.07, 6.45) is 0. The molecule has 0 aliphatic rings. The number of anilines is 4. The molecule has 3 aromatic rings. The van der Waals surface area contributed by atoms with Gasteiger partial charge in [-0.3, -0.25) is 0 Å². The van der Waals surface area contributed by atoms with Gasteiger partial charge in [-0.25, -0.2) is 9.37 Å². The van der Waals surface area contributed by atoms with Gasteiger partial charge in [-0.15, -0.1) is 0 Å². The number of nitrogen functional groups attached to an aromatic ring is 1. The van der Waals surface area contributed by atoms with Crippen LogP contribution >= 0.6 is 11.6 Å². The summed E-state index contributed by atoms with van der Waals surface area (Å²) in [5, 5.41) is 3.31. The predicted molar refractivity (Wildman–Crippen MR) is 99.7 cm³/mol. The highest BCUT2D eigenvalue weighted by Gasteiger charge is 2.10. The molecule has 3 N–H and O–H groups in total. The molecule has 0 unspecified atom stereocenters. The molecule has 128 valence electrons. The van der Waals surface area contributed by atoms with Crippen molar-refractivity contribution in [1.29, 1.82) is 0 Å². The van der Waals surface area contributed by atoms with Crippen molar-refractivity contribution in [3.8, 4) is 0 Å². The summed E-state index contributed by atoms with van der Waals surface area (Å²) in [6, 6.07) is 16.3. The van der Waals surface area contributed by atoms with Crippen LogP contribution in [0.2, 0.25) is 5.15 Å². The van der Waals surface area contributed by atoms with Crippen molar-refractivity contribution in [2.75, 3.05) is 23.0 Å². The van der Waals surface area contributed by atoms with Crippen molar-refractivity contribution in [1.82, 2.24) is 9.97 Å². The molecule has 0 saturated heterocycles. The van der Waals surface area contributed by atoms with Gasteiger partial charge in [-0.05, 0) is 29.8 Å². The highest BCUT2D eigenvalue weighted by Crippen LogP contribution is 2.26. The Bertz CT molecular complexity index is 852. The average molecular weight is 358 g/mol. The van der Waals surface area contributed by atoms with E-state index in [1.54, 1.807) is 17.0 Å². The van der Waals surface area contributed by atoms with Crippen LogP contribution < -0.4 is 16.0 Å². The number of hydrogen-bond acceptors (Lipinski definition) is 5. The van der Waals surface area contributed by atoms with E-state index in [4.69, 9.17) is 17.3 Å². The average Bonchev–Trinajstić information content (AvgIpc) is 2.59. The molecule has 0 fully saturated rings. The summed E-state index contributed by atoms with van der Waals surface area (Å²) < 4.78 is 14.5. The maximum absolute atomic E-state index is 14.5. The van der Waals surface area contributed by atoms with E-state index in [0.717, 1.165) is 11.3 Å². The second kappa shape index (κ2) is 7.36. The molecule has 1 aromatic heterocycles. The maximum Gasteiger partial charge on any atom is 0.223 e. The van der Waals surface area contributed by atoms with Crippen LogP contribution in [-0.2, 0) is 6.54 Å². The molecule has 0 atom stereocenters. The number of benzene rings is 2. The van der Waals surface area contributed by atoms with Crippen LogP contribution in [0.1, 0.15) is 5.56 Å². The molecule has 0 spiro atoms. The van der Waals surface area contributed by atoms with Crippen LogP contribution in [0.5, 0.6) is 0 Å². The molecule has 7 heteroatoms. The smallest absolute Gasteiger partial charge is 0.223 e. The van der Waals surface area contributed by atoms with Crippen LogP contribution in [0.15, 0.2) is 54.6 Å². The number of nitrogens with one attached hydrogen (secondary N) is 1. The zero-order chi connectivity index (χ0) is 17.8. The SMILES string of the molecule is CN(c1ccccc1)c1ccc(CNc2cc(Cl)nc(N)n2)cc1F. The number of para-hydroxylation sites is 1. The molecular weight excluding hydrogens is 341 g/mol. The standard InChI is InChI=1S/C18H17ClFN5/c1-25(13-5-3-2-4-6-13)15-8-7-12(9-14(15)20)11-22-17-10-16(19)23-18(21)24-17/h2-10H,11H2,1H3,(H3,21,22,23,24). The molecule has 0 aliphatic heterocycles. The fourth-order valence-corrected chi connectivity index (χ4v) is 2.63. The molecule has 0 amide bonds. The third-order valence-electron chi connectivity index (χ3n) is 3.70. The Balaban J connectivity index is 1.73. The van der Waals surface area contributed by atoms with Crippen LogP contribution in [0, 0.1) is 5.82 Å². The molecule has 5 nitrogen and oxygen atoms in total. The molecule has 1 heterocycles. The lowest BCUT2D eigenvalue weighted by Gasteiger charge is -2.20. The van der Waals surface area contributed by atoms with Crippen molar-refractivity contribution in [2.24, 2.45) is 0 Å². The van der Waals surface area contributed by atoms with E-state index in [1.165, 1.54) is 6.07 Å². The van der Waals surface area contributed by atoms with Crippen molar-refractivity contribution in [2.45, 2.75) is 6.54 Å². The van der Waals surface area contributed by atoms with E-state index in [9.17, 15) is 4.39 Å². The van der Waals surface area contributed by atoms with Gasteiger partial charge in [0.25, 0.3) is 0 Å². The van der Waals surface area contributed by atoms with E-state index in [1.807, 2.05) is 43.4 Å². The van der Waals surface area contributed by atoms with Gasteiger partial charge in [0.1, 0.15) is 16.8 Å². The predicted octanol–water partition coefficient (Wildman–Crippen LogP) is 4.23. The Hall–Kier alpha value is -2.86. The van der Waals surface area contributed by atoms with Gasteiger partial charge in [0, 0.05) is 25.3 Å². The van der Waals surface area contributed by atoms with Gasteiger partial charge in [-0.2, -0.15) is 4.98 Å². The van der Waals surface area contributed by atoms with E-state index in [2.05, 4.69) is 15.3 Å². The Kier molecular flexibility index (Phi) is 5.00. The molecular formula is C18H17ClFN5. The minimum absolute atomic E-state index is 0.0843. The third kappa shape index (κ3) is 4.16. The maximum atomic E-state index is 14.5. The summed E-state index contributed by atoms with van der Waals surface area (Å²) >= 11 is 5.83. The summed E-state index contributed by atoms with van der Waals surface area (Å²) in [5.41, 5.74) is 7.74. The van der Waals surface area contributed by atoms with Crippen LogP contribution in [0.25, 0.3) is 0 Å². The van der Waals surface area contributed by atoms with Gasteiger partial charge < -0.3 is 16.0 Å². The zero-order valence-corrected chi connectivity index (χ0v) is 14.3. The Morgan fingerprint density at radius 3 is 2.56 bits per heavy atom. The van der Waals surface area contributed by atoms with E-state index in [-0.39, 0.29) is 16.9 Å². The van der Waals surface area contributed by atoms with Gasteiger partial charge in [0.05, 0.1) is 5.69 Å². The summed E-state index contributed by atoms with van der Waals surface area (Å²) in [4.78, 5) is 9.62.